The number of rotatable bonds is 0. The van der Waals surface area contributed by atoms with E-state index in [4.69, 9.17) is 0 Å². The van der Waals surface area contributed by atoms with Crippen molar-refractivity contribution in [2.75, 3.05) is 0 Å². The number of hydroxylamine groups is 1. The first kappa shape index (κ1) is 7.50. The smallest absolute Gasteiger partial charge is 0.349 e. The molecule has 0 atom stereocenters. The molecule has 0 saturated carbocycles. The summed E-state index contributed by atoms with van der Waals surface area (Å²) in [5.74, 6) is 4.29. The fourth-order valence-corrected chi connectivity index (χ4v) is 0.116. The maximum atomic E-state index is 9.88. The predicted molar refractivity (Wildman–Crippen MR) is 24.5 cm³/mol. The van der Waals surface area contributed by atoms with Gasteiger partial charge in [-0.15, -0.1) is 0 Å². The Hall–Kier alpha value is -1.50. The molecule has 0 aromatic heterocycles. The van der Waals surface area contributed by atoms with Crippen molar-refractivity contribution in [3.8, 4) is 0 Å². The topological polar surface area (TPSA) is 117 Å². The first-order valence-electron chi connectivity index (χ1n) is 1.79. The van der Waals surface area contributed by atoms with E-state index in [1.54, 1.807) is 0 Å². The number of nitrogens with two attached hydrogens (primary N) is 2. The van der Waals surface area contributed by atoms with E-state index >= 15 is 0 Å². The Bertz CT molecular complexity index is 123. The second kappa shape index (κ2) is 3.50. The molecule has 0 aromatic carbocycles. The van der Waals surface area contributed by atoms with Gasteiger partial charge in [-0.3, -0.25) is 0 Å². The Balaban J connectivity index is 3.28. The summed E-state index contributed by atoms with van der Waals surface area (Å²) in [6, 6.07) is -1.01. The van der Waals surface area contributed by atoms with Crippen LogP contribution in [0.1, 0.15) is 0 Å². The van der Waals surface area contributed by atoms with Gasteiger partial charge < -0.3 is 15.4 Å². The summed E-state index contributed by atoms with van der Waals surface area (Å²) in [5.41, 5.74) is 5.95. The van der Waals surface area contributed by atoms with Gasteiger partial charge in [0.15, 0.2) is 0 Å². The minimum absolute atomic E-state index is 1.01. The third-order valence-electron chi connectivity index (χ3n) is 0.331. The summed E-state index contributed by atoms with van der Waals surface area (Å²) in [5, 5.41) is 0. The zero-order valence-corrected chi connectivity index (χ0v) is 4.29. The standard InChI is InChI=1S/C2H5N3O4/c3-1(6)5-9-2(7)8-4/h4H2,(H3,3,5,6). The Kier molecular flexibility index (Phi) is 2.91. The molecular weight excluding hydrogens is 130 g/mol. The lowest BCUT2D eigenvalue weighted by molar-refractivity contribution is 0.0281. The molecule has 7 heteroatoms. The molecule has 0 aliphatic carbocycles. The van der Waals surface area contributed by atoms with E-state index in [1.165, 1.54) is 5.48 Å². The molecule has 0 aliphatic heterocycles. The van der Waals surface area contributed by atoms with E-state index in [1.807, 2.05) is 0 Å². The van der Waals surface area contributed by atoms with Crippen LogP contribution in [0.4, 0.5) is 9.59 Å². The third kappa shape index (κ3) is 4.35. The number of amides is 2. The SMILES string of the molecule is NOC(=O)ONC(N)=O. The van der Waals surface area contributed by atoms with Crippen LogP contribution in [0.2, 0.25) is 0 Å². The van der Waals surface area contributed by atoms with Gasteiger partial charge in [-0.05, 0) is 0 Å². The lowest BCUT2D eigenvalue weighted by atomic mass is 11.2. The number of urea groups is 1. The van der Waals surface area contributed by atoms with Crippen molar-refractivity contribution >= 4 is 12.2 Å². The van der Waals surface area contributed by atoms with Gasteiger partial charge in [0.1, 0.15) is 0 Å². The van der Waals surface area contributed by atoms with Crippen LogP contribution in [-0.4, -0.2) is 12.2 Å². The molecule has 0 unspecified atom stereocenters. The normalized spacial score (nSPS) is 7.67. The molecule has 0 saturated heterocycles. The van der Waals surface area contributed by atoms with Gasteiger partial charge in [0.25, 0.3) is 0 Å². The van der Waals surface area contributed by atoms with Crippen molar-refractivity contribution < 1.29 is 19.3 Å². The van der Waals surface area contributed by atoms with Gasteiger partial charge in [-0.1, -0.05) is 0 Å². The predicted octanol–water partition coefficient (Wildman–Crippen LogP) is -1.40. The van der Waals surface area contributed by atoms with Crippen LogP contribution >= 0.6 is 0 Å². The molecule has 52 valence electrons. The van der Waals surface area contributed by atoms with E-state index in [0.29, 0.717) is 0 Å². The molecular formula is C2H5N3O4. The second-order valence-electron chi connectivity index (χ2n) is 0.936. The number of carbonyl (C=O) groups is 2. The number of carbonyl (C=O) groups excluding carboxylic acids is 2. The average molecular weight is 135 g/mol. The highest BCUT2D eigenvalue weighted by atomic mass is 16.8. The summed E-state index contributed by atoms with van der Waals surface area (Å²) in [7, 11) is 0. The van der Waals surface area contributed by atoms with Crippen LogP contribution in [0.3, 0.4) is 0 Å². The molecule has 9 heavy (non-hydrogen) atoms. The van der Waals surface area contributed by atoms with Crippen molar-refractivity contribution in [3.05, 3.63) is 0 Å². The van der Waals surface area contributed by atoms with E-state index in [2.05, 4.69) is 21.3 Å². The van der Waals surface area contributed by atoms with E-state index in [-0.39, 0.29) is 0 Å². The van der Waals surface area contributed by atoms with Crippen molar-refractivity contribution in [1.29, 1.82) is 0 Å². The van der Waals surface area contributed by atoms with E-state index < -0.39 is 12.2 Å². The Morgan fingerprint density at radius 1 is 1.44 bits per heavy atom. The molecule has 0 radical (unpaired) electrons. The largest absolute Gasteiger partial charge is 0.552 e. The monoisotopic (exact) mass is 135 g/mol. The fourth-order valence-electron chi connectivity index (χ4n) is 0.116. The van der Waals surface area contributed by atoms with Crippen LogP contribution < -0.4 is 17.1 Å². The summed E-state index contributed by atoms with van der Waals surface area (Å²) < 4.78 is 0. The zero-order valence-electron chi connectivity index (χ0n) is 4.29. The van der Waals surface area contributed by atoms with E-state index in [0.717, 1.165) is 0 Å². The number of hydrogen-bond donors (Lipinski definition) is 3. The van der Waals surface area contributed by atoms with Gasteiger partial charge in [0.2, 0.25) is 0 Å². The summed E-state index contributed by atoms with van der Waals surface area (Å²) >= 11 is 0. The molecule has 0 rings (SSSR count). The highest BCUT2D eigenvalue weighted by Gasteiger charge is 2.01. The molecule has 0 spiro atoms. The van der Waals surface area contributed by atoms with Crippen molar-refractivity contribution in [3.63, 3.8) is 0 Å². The highest BCUT2D eigenvalue weighted by molar-refractivity contribution is 5.72. The first-order valence-corrected chi connectivity index (χ1v) is 1.79. The minimum atomic E-state index is -1.24. The van der Waals surface area contributed by atoms with Crippen molar-refractivity contribution in [2.24, 2.45) is 11.6 Å². The summed E-state index contributed by atoms with van der Waals surface area (Å²) in [6.07, 6.45) is -1.24. The zero-order chi connectivity index (χ0) is 7.28. The molecule has 0 aliphatic rings. The summed E-state index contributed by atoms with van der Waals surface area (Å²) in [4.78, 5) is 26.8. The van der Waals surface area contributed by atoms with E-state index in [9.17, 15) is 9.59 Å². The highest BCUT2D eigenvalue weighted by Crippen LogP contribution is 1.71. The Labute approximate surface area is 49.8 Å². The maximum absolute atomic E-state index is 9.88. The third-order valence-corrected chi connectivity index (χ3v) is 0.331. The van der Waals surface area contributed by atoms with Crippen LogP contribution in [0, 0.1) is 0 Å². The number of primary amides is 1. The molecule has 0 aromatic rings. The molecule has 5 N–H and O–H groups in total. The summed E-state index contributed by atoms with van der Waals surface area (Å²) in [6.45, 7) is 0. The molecule has 0 heterocycles. The maximum Gasteiger partial charge on any atom is 0.552 e. The Morgan fingerprint density at radius 2 is 2.00 bits per heavy atom. The molecule has 2 amide bonds. The average Bonchev–Trinajstić information content (AvgIpc) is 1.83. The van der Waals surface area contributed by atoms with Gasteiger partial charge in [-0.2, -0.15) is 16.2 Å². The van der Waals surface area contributed by atoms with Crippen LogP contribution in [0.5, 0.6) is 0 Å². The van der Waals surface area contributed by atoms with Crippen LogP contribution in [0.25, 0.3) is 0 Å². The fraction of sp³-hybridized carbons (Fsp3) is 0. The van der Waals surface area contributed by atoms with Gasteiger partial charge >= 0.3 is 12.2 Å². The first-order chi connectivity index (χ1) is 4.16. The van der Waals surface area contributed by atoms with Gasteiger partial charge in [0, 0.05) is 0 Å². The van der Waals surface area contributed by atoms with Crippen LogP contribution in [0.15, 0.2) is 0 Å². The number of nitrogens with one attached hydrogen (secondary N) is 1. The minimum Gasteiger partial charge on any atom is -0.349 e. The quantitative estimate of drug-likeness (QED) is 0.353. The van der Waals surface area contributed by atoms with Crippen molar-refractivity contribution in [1.82, 2.24) is 5.48 Å². The number of hydrogen-bond acceptors (Lipinski definition) is 5. The van der Waals surface area contributed by atoms with Gasteiger partial charge in [0.05, 0.1) is 0 Å². The molecule has 7 nitrogen and oxygen atoms in total. The Morgan fingerprint density at radius 3 is 2.33 bits per heavy atom. The van der Waals surface area contributed by atoms with Crippen LogP contribution in [-0.2, 0) is 9.68 Å². The lowest BCUT2D eigenvalue weighted by Gasteiger charge is -1.97. The molecule has 0 fully saturated rings. The molecule has 0 bridgehead atoms. The van der Waals surface area contributed by atoms with Gasteiger partial charge in [-0.25, -0.2) is 4.79 Å². The lowest BCUT2D eigenvalue weighted by Crippen LogP contribution is -2.32. The second-order valence-corrected chi connectivity index (χ2v) is 0.936. The van der Waals surface area contributed by atoms with Crippen molar-refractivity contribution in [2.45, 2.75) is 0 Å².